The Balaban J connectivity index is 2.26. The van der Waals surface area contributed by atoms with Crippen LogP contribution in [0.2, 0.25) is 0 Å². The van der Waals surface area contributed by atoms with Crippen LogP contribution in [-0.4, -0.2) is 24.2 Å². The molecule has 0 N–H and O–H groups in total. The first-order chi connectivity index (χ1) is 11.7. The van der Waals surface area contributed by atoms with Crippen molar-refractivity contribution in [1.82, 2.24) is 4.90 Å². The van der Waals surface area contributed by atoms with E-state index in [4.69, 9.17) is 4.74 Å². The van der Waals surface area contributed by atoms with E-state index in [1.165, 1.54) is 11.1 Å². The number of ether oxygens (including phenoxy) is 1. The van der Waals surface area contributed by atoms with Crippen molar-refractivity contribution in [2.75, 3.05) is 13.2 Å². The minimum absolute atomic E-state index is 0.271. The van der Waals surface area contributed by atoms with Gasteiger partial charge in [0.15, 0.2) is 0 Å². The topological polar surface area (TPSA) is 12.5 Å². The van der Waals surface area contributed by atoms with Gasteiger partial charge in [-0.1, -0.05) is 67.6 Å². The summed E-state index contributed by atoms with van der Waals surface area (Å²) in [6.45, 7) is 10.6. The second-order valence-corrected chi connectivity index (χ2v) is 6.36. The van der Waals surface area contributed by atoms with Gasteiger partial charge >= 0.3 is 0 Å². The molecule has 0 bridgehead atoms. The molecule has 1 unspecified atom stereocenters. The highest BCUT2D eigenvalue weighted by atomic mass is 16.5. The molecule has 0 saturated carbocycles. The van der Waals surface area contributed by atoms with E-state index in [2.05, 4.69) is 93.3 Å². The van der Waals surface area contributed by atoms with Crippen LogP contribution in [0.3, 0.4) is 0 Å². The first-order valence-electron chi connectivity index (χ1n) is 9.14. The molecular weight excluding hydrogens is 294 g/mol. The van der Waals surface area contributed by atoms with Gasteiger partial charge in [0.2, 0.25) is 0 Å². The molecule has 0 radical (unpaired) electrons. The van der Waals surface area contributed by atoms with Crippen LogP contribution in [0.5, 0.6) is 0 Å². The molecule has 0 fully saturated rings. The van der Waals surface area contributed by atoms with E-state index in [0.29, 0.717) is 12.1 Å². The van der Waals surface area contributed by atoms with Crippen LogP contribution in [0.15, 0.2) is 60.7 Å². The minimum atomic E-state index is 0.271. The highest BCUT2D eigenvalue weighted by molar-refractivity contribution is 5.22. The summed E-state index contributed by atoms with van der Waals surface area (Å²) in [4.78, 5) is 2.56. The third kappa shape index (κ3) is 4.93. The maximum atomic E-state index is 5.95. The molecule has 2 aromatic rings. The third-order valence-corrected chi connectivity index (χ3v) is 4.83. The molecule has 0 saturated heterocycles. The second-order valence-electron chi connectivity index (χ2n) is 6.36. The van der Waals surface area contributed by atoms with Crippen molar-refractivity contribution >= 4 is 0 Å². The van der Waals surface area contributed by atoms with Crippen LogP contribution in [0.1, 0.15) is 57.3 Å². The van der Waals surface area contributed by atoms with Gasteiger partial charge in [-0.05, 0) is 38.3 Å². The van der Waals surface area contributed by atoms with Gasteiger partial charge < -0.3 is 4.74 Å². The molecule has 0 aliphatic heterocycles. The first kappa shape index (κ1) is 18.7. The molecule has 0 heterocycles. The third-order valence-electron chi connectivity index (χ3n) is 4.83. The normalized spacial score (nSPS) is 15.2. The molecule has 130 valence electrons. The Bertz CT molecular complexity index is 524. The van der Waals surface area contributed by atoms with E-state index >= 15 is 0 Å². The lowest BCUT2D eigenvalue weighted by molar-refractivity contribution is 0.00875. The summed E-state index contributed by atoms with van der Waals surface area (Å²) in [5.41, 5.74) is 2.71. The van der Waals surface area contributed by atoms with Crippen LogP contribution < -0.4 is 0 Å². The molecule has 0 aromatic heterocycles. The maximum absolute atomic E-state index is 5.95. The molecule has 2 heteroatoms. The summed E-state index contributed by atoms with van der Waals surface area (Å²) < 4.78 is 5.95. The largest absolute Gasteiger partial charge is 0.377 e. The summed E-state index contributed by atoms with van der Waals surface area (Å²) in [6, 6.07) is 22.2. The van der Waals surface area contributed by atoms with Crippen molar-refractivity contribution in [2.24, 2.45) is 0 Å². The Morgan fingerprint density at radius 2 is 1.25 bits per heavy atom. The van der Waals surface area contributed by atoms with Crippen molar-refractivity contribution in [1.29, 1.82) is 0 Å². The molecule has 0 amide bonds. The van der Waals surface area contributed by atoms with Gasteiger partial charge in [0.05, 0.1) is 6.10 Å². The fraction of sp³-hybridized carbons (Fsp3) is 0.455. The summed E-state index contributed by atoms with van der Waals surface area (Å²) >= 11 is 0. The monoisotopic (exact) mass is 325 g/mol. The molecule has 2 nitrogen and oxygen atoms in total. The Kier molecular flexibility index (Phi) is 7.48. The van der Waals surface area contributed by atoms with E-state index < -0.39 is 0 Å². The van der Waals surface area contributed by atoms with Gasteiger partial charge in [-0.25, -0.2) is 0 Å². The summed E-state index contributed by atoms with van der Waals surface area (Å²) in [6.07, 6.45) is 1.31. The van der Waals surface area contributed by atoms with Crippen molar-refractivity contribution in [3.8, 4) is 0 Å². The predicted molar refractivity (Wildman–Crippen MR) is 102 cm³/mol. The van der Waals surface area contributed by atoms with E-state index in [-0.39, 0.29) is 6.10 Å². The fourth-order valence-corrected chi connectivity index (χ4v) is 3.27. The lowest BCUT2D eigenvalue weighted by atomic mass is 10.00. The van der Waals surface area contributed by atoms with E-state index in [1.807, 2.05) is 0 Å². The zero-order valence-electron chi connectivity index (χ0n) is 15.5. The molecular formula is C22H31NO. The number of hydrogen-bond donors (Lipinski definition) is 0. The van der Waals surface area contributed by atoms with Crippen molar-refractivity contribution in [2.45, 2.75) is 52.3 Å². The van der Waals surface area contributed by atoms with Crippen molar-refractivity contribution in [3.05, 3.63) is 71.8 Å². The molecule has 2 rings (SSSR count). The van der Waals surface area contributed by atoms with Gasteiger partial charge in [0.25, 0.3) is 0 Å². The Morgan fingerprint density at radius 3 is 1.62 bits per heavy atom. The lowest BCUT2D eigenvalue weighted by Crippen LogP contribution is -2.37. The molecule has 24 heavy (non-hydrogen) atoms. The fourth-order valence-electron chi connectivity index (χ4n) is 3.27. The maximum Gasteiger partial charge on any atom is 0.0699 e. The number of rotatable bonds is 9. The summed E-state index contributed by atoms with van der Waals surface area (Å²) in [5, 5.41) is 0. The van der Waals surface area contributed by atoms with Gasteiger partial charge in [0, 0.05) is 25.2 Å². The smallest absolute Gasteiger partial charge is 0.0699 e. The average molecular weight is 325 g/mol. The Labute approximate surface area is 147 Å². The molecule has 2 aromatic carbocycles. The van der Waals surface area contributed by atoms with E-state index in [1.54, 1.807) is 0 Å². The van der Waals surface area contributed by atoms with Crippen LogP contribution in [0.25, 0.3) is 0 Å². The number of nitrogens with zero attached hydrogens (tertiary/aromatic N) is 1. The second kappa shape index (κ2) is 9.61. The summed E-state index contributed by atoms with van der Waals surface area (Å²) in [5.74, 6) is 0. The van der Waals surface area contributed by atoms with Crippen LogP contribution in [0, 0.1) is 0 Å². The lowest BCUT2D eigenvalue weighted by Gasteiger charge is -2.37. The van der Waals surface area contributed by atoms with E-state index in [9.17, 15) is 0 Å². The Morgan fingerprint density at radius 1 is 0.792 bits per heavy atom. The highest BCUT2D eigenvalue weighted by Crippen LogP contribution is 2.31. The highest BCUT2D eigenvalue weighted by Gasteiger charge is 2.25. The van der Waals surface area contributed by atoms with Crippen LogP contribution in [0.4, 0.5) is 0 Å². The van der Waals surface area contributed by atoms with Crippen LogP contribution >= 0.6 is 0 Å². The van der Waals surface area contributed by atoms with Gasteiger partial charge in [0.1, 0.15) is 0 Å². The number of benzene rings is 2. The summed E-state index contributed by atoms with van der Waals surface area (Å²) in [7, 11) is 0. The first-order valence-corrected chi connectivity index (χ1v) is 9.14. The molecule has 0 aliphatic carbocycles. The average Bonchev–Trinajstić information content (AvgIpc) is 2.65. The van der Waals surface area contributed by atoms with Gasteiger partial charge in [-0.2, -0.15) is 0 Å². The molecule has 0 aliphatic rings. The zero-order valence-corrected chi connectivity index (χ0v) is 15.5. The molecule has 0 spiro atoms. The van der Waals surface area contributed by atoms with Crippen molar-refractivity contribution < 1.29 is 4.74 Å². The SMILES string of the molecule is CCOC(CC)CN([C@H](C)c1ccccc1)[C@H](C)c1ccccc1. The minimum Gasteiger partial charge on any atom is -0.377 e. The van der Waals surface area contributed by atoms with Crippen LogP contribution in [-0.2, 0) is 4.74 Å². The molecule has 3 atom stereocenters. The zero-order chi connectivity index (χ0) is 17.4. The van der Waals surface area contributed by atoms with E-state index in [0.717, 1.165) is 19.6 Å². The predicted octanol–water partition coefficient (Wildman–Crippen LogP) is 5.63. The standard InChI is InChI=1S/C22H31NO/c1-5-22(24-6-2)17-23(18(3)20-13-9-7-10-14-20)19(4)21-15-11-8-12-16-21/h7-16,18-19,22H,5-6,17H2,1-4H3/t18-,19-,22?/m1/s1. The Hall–Kier alpha value is -1.64. The van der Waals surface area contributed by atoms with Crippen molar-refractivity contribution in [3.63, 3.8) is 0 Å². The quantitative estimate of drug-likeness (QED) is 0.593. The number of hydrogen-bond acceptors (Lipinski definition) is 2. The van der Waals surface area contributed by atoms with Gasteiger partial charge in [-0.15, -0.1) is 0 Å². The van der Waals surface area contributed by atoms with Gasteiger partial charge in [-0.3, -0.25) is 4.90 Å².